The molecule has 6 heteroatoms. The van der Waals surface area contributed by atoms with Gasteiger partial charge in [-0.15, -0.1) is 0 Å². The van der Waals surface area contributed by atoms with E-state index in [9.17, 15) is 4.79 Å². The maximum absolute atomic E-state index is 12.9. The molecule has 0 spiro atoms. The first-order valence-corrected chi connectivity index (χ1v) is 8.98. The largest absolute Gasteiger partial charge is 0.378 e. The molecule has 1 heterocycles. The number of para-hydroxylation sites is 1. The van der Waals surface area contributed by atoms with Crippen molar-refractivity contribution < 1.29 is 9.53 Å². The second-order valence-corrected chi connectivity index (χ2v) is 6.55. The predicted octanol–water partition coefficient (Wildman–Crippen LogP) is 2.48. The number of hydrazone groups is 1. The van der Waals surface area contributed by atoms with Crippen LogP contribution in [0.25, 0.3) is 0 Å². The van der Waals surface area contributed by atoms with Gasteiger partial charge >= 0.3 is 0 Å². The quantitative estimate of drug-likeness (QED) is 0.652. The molecule has 0 saturated carbocycles. The van der Waals surface area contributed by atoms with Gasteiger partial charge in [-0.25, -0.2) is 0 Å². The maximum Gasteiger partial charge on any atom is 0.253 e. The molecule has 0 radical (unpaired) electrons. The number of nitrogens with zero attached hydrogens (tertiary/aromatic N) is 3. The first kappa shape index (κ1) is 18.2. The van der Waals surface area contributed by atoms with Crippen LogP contribution in [0.15, 0.2) is 58.4 Å². The third kappa shape index (κ3) is 4.52. The van der Waals surface area contributed by atoms with Crippen LogP contribution in [0, 0.1) is 0 Å². The summed E-state index contributed by atoms with van der Waals surface area (Å²) in [5, 5.41) is 9.05. The average Bonchev–Trinajstić information content (AvgIpc) is 3.07. The molecule has 0 unspecified atom stereocenters. The minimum Gasteiger partial charge on any atom is -0.378 e. The third-order valence-electron chi connectivity index (χ3n) is 4.44. The minimum atomic E-state index is -0.0226. The van der Waals surface area contributed by atoms with E-state index in [0.29, 0.717) is 13.2 Å². The summed E-state index contributed by atoms with van der Waals surface area (Å²) in [7, 11) is 3.78. The summed E-state index contributed by atoms with van der Waals surface area (Å²) in [5.41, 5.74) is 3.88. The zero-order valence-electron chi connectivity index (χ0n) is 15.4. The number of rotatable bonds is 5. The van der Waals surface area contributed by atoms with Crippen molar-refractivity contribution in [2.24, 2.45) is 5.10 Å². The fraction of sp³-hybridized carbons (Fsp3) is 0.400. The Morgan fingerprint density at radius 2 is 1.92 bits per heavy atom. The zero-order valence-corrected chi connectivity index (χ0v) is 15.4. The Labute approximate surface area is 154 Å². The molecule has 1 aromatic carbocycles. The molecule has 1 aromatic rings. The second kappa shape index (κ2) is 8.67. The molecule has 138 valence electrons. The normalized spacial score (nSPS) is 19.5. The van der Waals surface area contributed by atoms with Crippen LogP contribution in [-0.4, -0.2) is 62.4 Å². The standard InChI is InChI=1S/C20H26N4O2/c1-23(2)21-11-10-16-8-9-18(19(16)24-12-14-26-15-13-24)20(25)22-17-6-4-3-5-7-17/h3-7,10-11H,8-9,12-15H2,1-2H3,(H,22,25)/b16-10-,21-11+. The zero-order chi connectivity index (χ0) is 18.4. The van der Waals surface area contributed by atoms with Crippen molar-refractivity contribution >= 4 is 17.8 Å². The average molecular weight is 354 g/mol. The Kier molecular flexibility index (Phi) is 6.07. The SMILES string of the molecule is CN(C)/N=C/C=C1/CCC(C(=O)Nc2ccccc2)=C1N1CCOCC1. The number of nitrogens with one attached hydrogen (secondary N) is 1. The lowest BCUT2D eigenvalue weighted by atomic mass is 10.1. The van der Waals surface area contributed by atoms with Crippen molar-refractivity contribution in [3.63, 3.8) is 0 Å². The molecule has 1 N–H and O–H groups in total. The summed E-state index contributed by atoms with van der Waals surface area (Å²) in [6, 6.07) is 9.59. The van der Waals surface area contributed by atoms with E-state index in [4.69, 9.17) is 4.74 Å². The summed E-state index contributed by atoms with van der Waals surface area (Å²) in [5.74, 6) is -0.0226. The van der Waals surface area contributed by atoms with E-state index in [-0.39, 0.29) is 5.91 Å². The first-order valence-electron chi connectivity index (χ1n) is 8.98. The molecule has 1 aliphatic carbocycles. The third-order valence-corrected chi connectivity index (χ3v) is 4.44. The van der Waals surface area contributed by atoms with E-state index in [1.54, 1.807) is 11.2 Å². The Hall–Kier alpha value is -2.60. The van der Waals surface area contributed by atoms with Crippen molar-refractivity contribution in [2.45, 2.75) is 12.8 Å². The second-order valence-electron chi connectivity index (χ2n) is 6.55. The molecule has 1 saturated heterocycles. The number of carbonyl (C=O) groups excluding carboxylic acids is 1. The number of benzene rings is 1. The maximum atomic E-state index is 12.9. The molecule has 1 aliphatic heterocycles. The van der Waals surface area contributed by atoms with Crippen molar-refractivity contribution in [2.75, 3.05) is 45.7 Å². The lowest BCUT2D eigenvalue weighted by Gasteiger charge is -2.31. The Balaban J connectivity index is 1.87. The molecular weight excluding hydrogens is 328 g/mol. The van der Waals surface area contributed by atoms with E-state index >= 15 is 0 Å². The van der Waals surface area contributed by atoms with Crippen LogP contribution >= 0.6 is 0 Å². The van der Waals surface area contributed by atoms with Gasteiger partial charge in [0.2, 0.25) is 0 Å². The summed E-state index contributed by atoms with van der Waals surface area (Å²) >= 11 is 0. The van der Waals surface area contributed by atoms with Crippen LogP contribution < -0.4 is 5.32 Å². The van der Waals surface area contributed by atoms with Crippen molar-refractivity contribution in [1.29, 1.82) is 0 Å². The molecule has 26 heavy (non-hydrogen) atoms. The summed E-state index contributed by atoms with van der Waals surface area (Å²) in [4.78, 5) is 15.2. The van der Waals surface area contributed by atoms with Crippen molar-refractivity contribution in [3.05, 3.63) is 53.3 Å². The van der Waals surface area contributed by atoms with Crippen LogP contribution in [0.1, 0.15) is 12.8 Å². The number of hydrogen-bond donors (Lipinski definition) is 1. The van der Waals surface area contributed by atoms with Crippen LogP contribution in [0.2, 0.25) is 0 Å². The van der Waals surface area contributed by atoms with E-state index < -0.39 is 0 Å². The highest BCUT2D eigenvalue weighted by Crippen LogP contribution is 2.34. The molecular formula is C20H26N4O2. The van der Waals surface area contributed by atoms with Crippen LogP contribution in [0.5, 0.6) is 0 Å². The smallest absolute Gasteiger partial charge is 0.253 e. The summed E-state index contributed by atoms with van der Waals surface area (Å²) in [6.07, 6.45) is 5.41. The van der Waals surface area contributed by atoms with Gasteiger partial charge < -0.3 is 20.0 Å². The molecule has 1 fully saturated rings. The van der Waals surface area contributed by atoms with E-state index in [1.807, 2.05) is 50.5 Å². The van der Waals surface area contributed by atoms with E-state index in [0.717, 1.165) is 48.5 Å². The minimum absolute atomic E-state index is 0.0226. The van der Waals surface area contributed by atoms with E-state index in [1.165, 1.54) is 0 Å². The molecule has 6 nitrogen and oxygen atoms in total. The highest BCUT2D eigenvalue weighted by atomic mass is 16.5. The predicted molar refractivity (Wildman–Crippen MR) is 104 cm³/mol. The highest BCUT2D eigenvalue weighted by molar-refractivity contribution is 6.05. The molecule has 3 rings (SSSR count). The topological polar surface area (TPSA) is 57.2 Å². The number of hydrogen-bond acceptors (Lipinski definition) is 5. The van der Waals surface area contributed by atoms with Gasteiger partial charge in [-0.05, 0) is 36.6 Å². The number of ether oxygens (including phenoxy) is 1. The molecule has 0 aromatic heterocycles. The van der Waals surface area contributed by atoms with Gasteiger partial charge in [0.05, 0.1) is 13.2 Å². The Bertz CT molecular complexity index is 717. The van der Waals surface area contributed by atoms with Crippen LogP contribution in [-0.2, 0) is 9.53 Å². The highest BCUT2D eigenvalue weighted by Gasteiger charge is 2.29. The number of amides is 1. The van der Waals surface area contributed by atoms with Crippen LogP contribution in [0.3, 0.4) is 0 Å². The molecule has 2 aliphatic rings. The van der Waals surface area contributed by atoms with Gasteiger partial charge in [-0.2, -0.15) is 5.10 Å². The van der Waals surface area contributed by atoms with Gasteiger partial charge in [0.15, 0.2) is 0 Å². The summed E-state index contributed by atoms with van der Waals surface area (Å²) < 4.78 is 5.48. The van der Waals surface area contributed by atoms with Gasteiger partial charge in [-0.3, -0.25) is 4.79 Å². The number of anilines is 1. The first-order chi connectivity index (χ1) is 12.6. The lowest BCUT2D eigenvalue weighted by molar-refractivity contribution is -0.113. The summed E-state index contributed by atoms with van der Waals surface area (Å²) in [6.45, 7) is 2.99. The number of carbonyl (C=O) groups is 1. The van der Waals surface area contributed by atoms with Gasteiger partial charge in [0.25, 0.3) is 5.91 Å². The van der Waals surface area contributed by atoms with Crippen molar-refractivity contribution in [3.8, 4) is 0 Å². The van der Waals surface area contributed by atoms with Gasteiger partial charge in [0.1, 0.15) is 0 Å². The van der Waals surface area contributed by atoms with Gasteiger partial charge in [-0.1, -0.05) is 18.2 Å². The van der Waals surface area contributed by atoms with Crippen LogP contribution in [0.4, 0.5) is 5.69 Å². The molecule has 1 amide bonds. The fourth-order valence-electron chi connectivity index (χ4n) is 3.24. The lowest BCUT2D eigenvalue weighted by Crippen LogP contribution is -2.36. The fourth-order valence-corrected chi connectivity index (χ4v) is 3.24. The monoisotopic (exact) mass is 354 g/mol. The Morgan fingerprint density at radius 1 is 1.19 bits per heavy atom. The van der Waals surface area contributed by atoms with Gasteiger partial charge in [0, 0.05) is 50.4 Å². The molecule has 0 bridgehead atoms. The van der Waals surface area contributed by atoms with E-state index in [2.05, 4.69) is 15.3 Å². The Morgan fingerprint density at radius 3 is 2.62 bits per heavy atom. The molecule has 0 atom stereocenters. The number of allylic oxidation sites excluding steroid dienone is 2. The number of morpholine rings is 1. The van der Waals surface area contributed by atoms with Crippen molar-refractivity contribution in [1.82, 2.24) is 9.91 Å².